The van der Waals surface area contributed by atoms with Crippen molar-refractivity contribution in [2.24, 2.45) is 23.2 Å². The molecule has 0 unspecified atom stereocenters. The van der Waals surface area contributed by atoms with E-state index in [1.807, 2.05) is 0 Å². The molecule has 1 heterocycles. The third-order valence-electron chi connectivity index (χ3n) is 5.11. The average Bonchev–Trinajstić information content (AvgIpc) is 2.94. The van der Waals surface area contributed by atoms with Crippen LogP contribution in [0, 0.1) is 29.0 Å². The number of aromatic nitrogens is 1. The molecule has 3 atom stereocenters. The Morgan fingerprint density at radius 3 is 2.78 bits per heavy atom. The first-order valence-electron chi connectivity index (χ1n) is 8.64. The van der Waals surface area contributed by atoms with E-state index in [0.29, 0.717) is 35.5 Å². The molecule has 1 fully saturated rings. The molecular formula is C20H26FNO. The predicted molar refractivity (Wildman–Crippen MR) is 90.2 cm³/mol. The van der Waals surface area contributed by atoms with Gasteiger partial charge in [0.2, 0.25) is 0 Å². The monoisotopic (exact) mass is 315 g/mol. The zero-order valence-corrected chi connectivity index (χ0v) is 14.3. The Morgan fingerprint density at radius 2 is 2.13 bits per heavy atom. The van der Waals surface area contributed by atoms with Gasteiger partial charge in [-0.3, -0.25) is 9.78 Å². The number of pyridine rings is 1. The Hall–Kier alpha value is -1.51. The maximum atomic E-state index is 13.9. The molecule has 124 valence electrons. The van der Waals surface area contributed by atoms with Crippen molar-refractivity contribution in [2.45, 2.75) is 52.9 Å². The molecule has 23 heavy (non-hydrogen) atoms. The Morgan fingerprint density at radius 1 is 1.35 bits per heavy atom. The summed E-state index contributed by atoms with van der Waals surface area (Å²) < 4.78 is 13.9. The normalized spacial score (nSPS) is 27.0. The van der Waals surface area contributed by atoms with Gasteiger partial charge in [0.15, 0.2) is 0 Å². The highest BCUT2D eigenvalue weighted by molar-refractivity contribution is 5.79. The standard InChI is InChI=1S/C20H26FNO/c1-20(2,3)11-17(23)8-13-6-14-9-16(10-15(14)7-13)18-4-5-22-12-19(18)21/h4-5,9,12-15H,6-8,10-11H2,1-3H3/t13-,14+,15-/m1/s1. The molecule has 0 spiro atoms. The lowest BCUT2D eigenvalue weighted by atomic mass is 9.86. The molecule has 0 saturated heterocycles. The molecular weight excluding hydrogens is 289 g/mol. The number of fused-ring (bicyclic) bond motifs is 1. The van der Waals surface area contributed by atoms with Crippen LogP contribution in [0.3, 0.4) is 0 Å². The number of carbonyl (C=O) groups is 1. The zero-order chi connectivity index (χ0) is 16.6. The maximum Gasteiger partial charge on any atom is 0.148 e. The summed E-state index contributed by atoms with van der Waals surface area (Å²) >= 11 is 0. The molecule has 2 aliphatic rings. The van der Waals surface area contributed by atoms with Crippen LogP contribution in [0.5, 0.6) is 0 Å². The summed E-state index contributed by atoms with van der Waals surface area (Å²) in [7, 11) is 0. The van der Waals surface area contributed by atoms with Crippen LogP contribution in [0.15, 0.2) is 24.5 Å². The number of nitrogens with zero attached hydrogens (tertiary/aromatic N) is 1. The number of hydrogen-bond acceptors (Lipinski definition) is 2. The second kappa shape index (κ2) is 6.18. The van der Waals surface area contributed by atoms with Crippen LogP contribution in [0.2, 0.25) is 0 Å². The first kappa shape index (κ1) is 16.4. The highest BCUT2D eigenvalue weighted by Crippen LogP contribution is 2.49. The first-order valence-corrected chi connectivity index (χ1v) is 8.64. The van der Waals surface area contributed by atoms with Crippen LogP contribution in [0.1, 0.15) is 58.4 Å². The number of ketones is 1. The van der Waals surface area contributed by atoms with Gasteiger partial charge < -0.3 is 0 Å². The van der Waals surface area contributed by atoms with Crippen molar-refractivity contribution in [3.63, 3.8) is 0 Å². The minimum atomic E-state index is -0.226. The zero-order valence-electron chi connectivity index (χ0n) is 14.3. The van der Waals surface area contributed by atoms with Crippen molar-refractivity contribution in [2.75, 3.05) is 0 Å². The van der Waals surface area contributed by atoms with Crippen LogP contribution in [-0.4, -0.2) is 10.8 Å². The molecule has 0 N–H and O–H groups in total. The van der Waals surface area contributed by atoms with Crippen LogP contribution >= 0.6 is 0 Å². The lowest BCUT2D eigenvalue weighted by Crippen LogP contribution is -2.15. The van der Waals surface area contributed by atoms with Crippen LogP contribution in [0.4, 0.5) is 4.39 Å². The van der Waals surface area contributed by atoms with Gasteiger partial charge in [-0.25, -0.2) is 4.39 Å². The van der Waals surface area contributed by atoms with Crippen molar-refractivity contribution >= 4 is 11.4 Å². The molecule has 0 bridgehead atoms. The van der Waals surface area contributed by atoms with Crippen molar-refractivity contribution in [1.29, 1.82) is 0 Å². The summed E-state index contributed by atoms with van der Waals surface area (Å²) in [5.41, 5.74) is 1.91. The summed E-state index contributed by atoms with van der Waals surface area (Å²) in [6.45, 7) is 6.35. The molecule has 1 aromatic rings. The van der Waals surface area contributed by atoms with Crippen LogP contribution in [-0.2, 0) is 4.79 Å². The van der Waals surface area contributed by atoms with Crippen LogP contribution in [0.25, 0.3) is 5.57 Å². The van der Waals surface area contributed by atoms with Crippen molar-refractivity contribution in [1.82, 2.24) is 4.98 Å². The van der Waals surface area contributed by atoms with Gasteiger partial charge >= 0.3 is 0 Å². The van der Waals surface area contributed by atoms with Gasteiger partial charge in [-0.05, 0) is 54.1 Å². The SMILES string of the molecule is CC(C)(C)CC(=O)C[C@H]1C[C@@H]2CC(c3ccncc3F)=C[C@@H]2C1. The van der Waals surface area contributed by atoms with Gasteiger partial charge in [-0.2, -0.15) is 0 Å². The summed E-state index contributed by atoms with van der Waals surface area (Å²) in [5, 5.41) is 0. The van der Waals surface area contributed by atoms with Gasteiger partial charge in [0.05, 0.1) is 6.20 Å². The minimum Gasteiger partial charge on any atom is -0.300 e. The Balaban J connectivity index is 1.60. The third kappa shape index (κ3) is 3.88. The molecule has 3 rings (SSSR count). The highest BCUT2D eigenvalue weighted by Gasteiger charge is 2.38. The Bertz CT molecular complexity index is 629. The topological polar surface area (TPSA) is 30.0 Å². The Kier molecular flexibility index (Phi) is 4.39. The number of hydrogen-bond donors (Lipinski definition) is 0. The molecule has 0 amide bonds. The molecule has 0 aliphatic heterocycles. The molecule has 1 aromatic heterocycles. The number of Topliss-reactive ketones (excluding diaryl/α,β-unsaturated/α-hetero) is 1. The predicted octanol–water partition coefficient (Wildman–Crippen LogP) is 5.05. The largest absolute Gasteiger partial charge is 0.300 e. The molecule has 0 radical (unpaired) electrons. The fraction of sp³-hybridized carbons (Fsp3) is 0.600. The Labute approximate surface area is 138 Å². The van der Waals surface area contributed by atoms with E-state index in [1.54, 1.807) is 12.3 Å². The fourth-order valence-corrected chi connectivity index (χ4v) is 4.31. The van der Waals surface area contributed by atoms with Gasteiger partial charge in [0, 0.05) is 24.6 Å². The van der Waals surface area contributed by atoms with Crippen molar-refractivity contribution in [3.8, 4) is 0 Å². The van der Waals surface area contributed by atoms with Gasteiger partial charge in [-0.1, -0.05) is 26.8 Å². The fourth-order valence-electron chi connectivity index (χ4n) is 4.31. The second-order valence-electron chi connectivity index (χ2n) is 8.49. The number of carbonyl (C=O) groups excluding carboxylic acids is 1. The lowest BCUT2D eigenvalue weighted by molar-refractivity contribution is -0.121. The van der Waals surface area contributed by atoms with E-state index < -0.39 is 0 Å². The number of rotatable bonds is 4. The summed E-state index contributed by atoms with van der Waals surface area (Å²) in [6, 6.07) is 1.77. The van der Waals surface area contributed by atoms with E-state index in [2.05, 4.69) is 31.8 Å². The summed E-state index contributed by atoms with van der Waals surface area (Å²) in [6.07, 6.45) is 9.70. The van der Waals surface area contributed by atoms with Crippen molar-refractivity contribution < 1.29 is 9.18 Å². The molecule has 1 saturated carbocycles. The third-order valence-corrected chi connectivity index (χ3v) is 5.11. The lowest BCUT2D eigenvalue weighted by Gasteiger charge is -2.18. The first-order chi connectivity index (χ1) is 10.8. The van der Waals surface area contributed by atoms with E-state index in [0.717, 1.165) is 31.3 Å². The minimum absolute atomic E-state index is 0.0809. The van der Waals surface area contributed by atoms with Crippen LogP contribution < -0.4 is 0 Å². The van der Waals surface area contributed by atoms with Gasteiger partial charge in [-0.15, -0.1) is 0 Å². The quantitative estimate of drug-likeness (QED) is 0.778. The molecule has 2 aliphatic carbocycles. The van der Waals surface area contributed by atoms with Crippen molar-refractivity contribution in [3.05, 3.63) is 35.9 Å². The number of allylic oxidation sites excluding steroid dienone is 2. The summed E-state index contributed by atoms with van der Waals surface area (Å²) in [5.74, 6) is 1.79. The summed E-state index contributed by atoms with van der Waals surface area (Å²) in [4.78, 5) is 16.0. The van der Waals surface area contributed by atoms with E-state index in [4.69, 9.17) is 0 Å². The smallest absolute Gasteiger partial charge is 0.148 e. The molecule has 2 nitrogen and oxygen atoms in total. The molecule has 0 aromatic carbocycles. The molecule has 3 heteroatoms. The van der Waals surface area contributed by atoms with E-state index in [-0.39, 0.29) is 11.2 Å². The van der Waals surface area contributed by atoms with E-state index in [1.165, 1.54) is 6.20 Å². The highest BCUT2D eigenvalue weighted by atomic mass is 19.1. The number of halogens is 1. The van der Waals surface area contributed by atoms with E-state index in [9.17, 15) is 9.18 Å². The second-order valence-corrected chi connectivity index (χ2v) is 8.49. The maximum absolute atomic E-state index is 13.9. The van der Waals surface area contributed by atoms with Gasteiger partial charge in [0.25, 0.3) is 0 Å². The van der Waals surface area contributed by atoms with E-state index >= 15 is 0 Å². The van der Waals surface area contributed by atoms with Gasteiger partial charge in [0.1, 0.15) is 11.6 Å². The average molecular weight is 315 g/mol.